The number of fused-ring (bicyclic) bond motifs is 1. The molecule has 3 aromatic rings. The molecule has 25 heavy (non-hydrogen) atoms. The minimum atomic E-state index is -0.797. The Bertz CT molecular complexity index is 845. The molecule has 0 aliphatic heterocycles. The van der Waals surface area contributed by atoms with Crippen LogP contribution in [0.3, 0.4) is 0 Å². The number of rotatable bonds is 7. The van der Waals surface area contributed by atoms with Crippen molar-refractivity contribution < 1.29 is 14.9 Å². The molecule has 0 aliphatic rings. The van der Waals surface area contributed by atoms with E-state index in [2.05, 4.69) is 15.5 Å². The van der Waals surface area contributed by atoms with E-state index in [0.29, 0.717) is 6.61 Å². The van der Waals surface area contributed by atoms with Crippen LogP contribution in [0, 0.1) is 6.92 Å². The van der Waals surface area contributed by atoms with Crippen LogP contribution in [0.25, 0.3) is 16.7 Å². The topological polar surface area (TPSA) is 92.4 Å². The number of anilines is 1. The Morgan fingerprint density at radius 1 is 1.16 bits per heavy atom. The van der Waals surface area contributed by atoms with E-state index in [1.54, 1.807) is 4.80 Å². The van der Waals surface area contributed by atoms with Crippen LogP contribution in [0.2, 0.25) is 0 Å². The number of benzene rings is 2. The molecule has 0 fully saturated rings. The Balaban J connectivity index is 1.86. The SMILES string of the molecule is CCOc1ccc(-n2nc3cc(C)c(NCC(O)CO)cc3n2)cc1. The first-order valence-electron chi connectivity index (χ1n) is 8.24. The summed E-state index contributed by atoms with van der Waals surface area (Å²) in [6.07, 6.45) is -0.797. The third kappa shape index (κ3) is 3.89. The highest BCUT2D eigenvalue weighted by molar-refractivity contribution is 5.80. The molecule has 2 aromatic carbocycles. The molecule has 1 unspecified atom stereocenters. The lowest BCUT2D eigenvalue weighted by Crippen LogP contribution is -2.23. The predicted molar refractivity (Wildman–Crippen MR) is 96.4 cm³/mol. The van der Waals surface area contributed by atoms with Crippen molar-refractivity contribution in [1.29, 1.82) is 0 Å². The molecule has 0 spiro atoms. The summed E-state index contributed by atoms with van der Waals surface area (Å²) in [5.74, 6) is 0.813. The maximum absolute atomic E-state index is 9.48. The molecule has 1 atom stereocenters. The summed E-state index contributed by atoms with van der Waals surface area (Å²) in [4.78, 5) is 1.59. The zero-order chi connectivity index (χ0) is 17.8. The molecule has 0 saturated heterocycles. The molecule has 0 radical (unpaired) electrons. The molecule has 0 bridgehead atoms. The van der Waals surface area contributed by atoms with Crippen LogP contribution in [-0.4, -0.2) is 51.1 Å². The van der Waals surface area contributed by atoms with Crippen molar-refractivity contribution >= 4 is 16.7 Å². The van der Waals surface area contributed by atoms with Crippen molar-refractivity contribution in [3.8, 4) is 11.4 Å². The zero-order valence-corrected chi connectivity index (χ0v) is 14.3. The van der Waals surface area contributed by atoms with E-state index >= 15 is 0 Å². The Morgan fingerprint density at radius 3 is 2.48 bits per heavy atom. The average molecular weight is 342 g/mol. The molecule has 1 aromatic heterocycles. The number of hydrogen-bond acceptors (Lipinski definition) is 6. The van der Waals surface area contributed by atoms with Crippen molar-refractivity contribution in [2.24, 2.45) is 0 Å². The van der Waals surface area contributed by atoms with Gasteiger partial charge in [-0.25, -0.2) is 0 Å². The van der Waals surface area contributed by atoms with Crippen LogP contribution in [0.4, 0.5) is 5.69 Å². The molecule has 0 saturated carbocycles. The van der Waals surface area contributed by atoms with E-state index < -0.39 is 6.10 Å². The summed E-state index contributed by atoms with van der Waals surface area (Å²) in [5, 5.41) is 30.6. The quantitative estimate of drug-likeness (QED) is 0.607. The summed E-state index contributed by atoms with van der Waals surface area (Å²) < 4.78 is 5.45. The second kappa shape index (κ2) is 7.50. The van der Waals surface area contributed by atoms with E-state index in [0.717, 1.165) is 33.7 Å². The first-order valence-corrected chi connectivity index (χ1v) is 8.24. The number of aliphatic hydroxyl groups excluding tert-OH is 2. The van der Waals surface area contributed by atoms with Crippen molar-refractivity contribution in [1.82, 2.24) is 15.0 Å². The van der Waals surface area contributed by atoms with E-state index in [4.69, 9.17) is 9.84 Å². The lowest BCUT2D eigenvalue weighted by Gasteiger charge is -2.12. The molecule has 7 nitrogen and oxygen atoms in total. The maximum atomic E-state index is 9.48. The van der Waals surface area contributed by atoms with Gasteiger partial charge in [-0.3, -0.25) is 0 Å². The first kappa shape index (κ1) is 17.2. The van der Waals surface area contributed by atoms with Crippen LogP contribution in [0.5, 0.6) is 5.75 Å². The highest BCUT2D eigenvalue weighted by Gasteiger charge is 2.10. The highest BCUT2D eigenvalue weighted by atomic mass is 16.5. The van der Waals surface area contributed by atoms with Gasteiger partial charge in [-0.2, -0.15) is 4.80 Å². The fraction of sp³-hybridized carbons (Fsp3) is 0.333. The molecular formula is C18H22N4O3. The Labute approximate surface area is 145 Å². The number of aromatic nitrogens is 3. The fourth-order valence-electron chi connectivity index (χ4n) is 2.51. The lowest BCUT2D eigenvalue weighted by atomic mass is 10.1. The van der Waals surface area contributed by atoms with Crippen molar-refractivity contribution in [3.05, 3.63) is 42.0 Å². The van der Waals surface area contributed by atoms with E-state index in [1.165, 1.54) is 0 Å². The van der Waals surface area contributed by atoms with Crippen LogP contribution < -0.4 is 10.1 Å². The maximum Gasteiger partial charge on any atom is 0.119 e. The molecule has 0 amide bonds. The molecule has 132 valence electrons. The van der Waals surface area contributed by atoms with Gasteiger partial charge in [0.15, 0.2) is 0 Å². The monoisotopic (exact) mass is 342 g/mol. The average Bonchev–Trinajstić information content (AvgIpc) is 3.03. The normalized spacial score (nSPS) is 12.3. The Morgan fingerprint density at radius 2 is 1.84 bits per heavy atom. The van der Waals surface area contributed by atoms with Gasteiger partial charge in [-0.1, -0.05) is 0 Å². The minimum absolute atomic E-state index is 0.274. The number of aryl methyl sites for hydroxylation is 1. The fourth-order valence-corrected chi connectivity index (χ4v) is 2.51. The van der Waals surface area contributed by atoms with Gasteiger partial charge in [0.05, 0.1) is 25.0 Å². The van der Waals surface area contributed by atoms with Gasteiger partial charge in [0, 0.05) is 12.2 Å². The molecular weight excluding hydrogens is 320 g/mol. The summed E-state index contributed by atoms with van der Waals surface area (Å²) in [6.45, 7) is 4.54. The zero-order valence-electron chi connectivity index (χ0n) is 14.3. The van der Waals surface area contributed by atoms with Crippen LogP contribution in [-0.2, 0) is 0 Å². The van der Waals surface area contributed by atoms with Gasteiger partial charge in [0.2, 0.25) is 0 Å². The molecule has 3 N–H and O–H groups in total. The third-order valence-electron chi connectivity index (χ3n) is 3.84. The summed E-state index contributed by atoms with van der Waals surface area (Å²) >= 11 is 0. The number of hydrogen-bond donors (Lipinski definition) is 3. The molecule has 1 heterocycles. The number of aliphatic hydroxyl groups is 2. The van der Waals surface area contributed by atoms with Crippen LogP contribution >= 0.6 is 0 Å². The number of ether oxygens (including phenoxy) is 1. The van der Waals surface area contributed by atoms with E-state index in [-0.39, 0.29) is 13.2 Å². The van der Waals surface area contributed by atoms with E-state index in [9.17, 15) is 5.11 Å². The van der Waals surface area contributed by atoms with Crippen LogP contribution in [0.1, 0.15) is 12.5 Å². The van der Waals surface area contributed by atoms with Gasteiger partial charge in [0.25, 0.3) is 0 Å². The summed E-state index contributed by atoms with van der Waals surface area (Å²) in [7, 11) is 0. The van der Waals surface area contributed by atoms with Gasteiger partial charge in [0.1, 0.15) is 16.8 Å². The number of nitrogens with zero attached hydrogens (tertiary/aromatic N) is 3. The Kier molecular flexibility index (Phi) is 5.16. The lowest BCUT2D eigenvalue weighted by molar-refractivity contribution is 0.105. The highest BCUT2D eigenvalue weighted by Crippen LogP contribution is 2.22. The minimum Gasteiger partial charge on any atom is -0.494 e. The summed E-state index contributed by atoms with van der Waals surface area (Å²) in [5.41, 5.74) is 4.25. The second-order valence-corrected chi connectivity index (χ2v) is 5.79. The van der Waals surface area contributed by atoms with Gasteiger partial charge >= 0.3 is 0 Å². The first-order chi connectivity index (χ1) is 12.1. The molecule has 0 aliphatic carbocycles. The largest absolute Gasteiger partial charge is 0.494 e. The summed E-state index contributed by atoms with van der Waals surface area (Å²) in [6, 6.07) is 11.4. The third-order valence-corrected chi connectivity index (χ3v) is 3.84. The van der Waals surface area contributed by atoms with E-state index in [1.807, 2.05) is 50.2 Å². The Hall–Kier alpha value is -2.64. The smallest absolute Gasteiger partial charge is 0.119 e. The molecule has 7 heteroatoms. The van der Waals surface area contributed by atoms with Crippen LogP contribution in [0.15, 0.2) is 36.4 Å². The van der Waals surface area contributed by atoms with Crippen molar-refractivity contribution in [2.45, 2.75) is 20.0 Å². The predicted octanol–water partition coefficient (Wildman–Crippen LogP) is 1.89. The second-order valence-electron chi connectivity index (χ2n) is 5.79. The van der Waals surface area contributed by atoms with Gasteiger partial charge < -0.3 is 20.3 Å². The van der Waals surface area contributed by atoms with Crippen molar-refractivity contribution in [3.63, 3.8) is 0 Å². The van der Waals surface area contributed by atoms with Crippen molar-refractivity contribution in [2.75, 3.05) is 25.1 Å². The van der Waals surface area contributed by atoms with Gasteiger partial charge in [-0.05, 0) is 55.8 Å². The standard InChI is InChI=1S/C18H22N4O3/c1-3-25-15-6-4-13(5-7-15)22-20-17-8-12(2)16(9-18(17)21-22)19-10-14(24)11-23/h4-9,14,19,23-24H,3,10-11H2,1-2H3. The van der Waals surface area contributed by atoms with Gasteiger partial charge in [-0.15, -0.1) is 10.2 Å². The molecule has 3 rings (SSSR count). The number of nitrogens with one attached hydrogen (secondary N) is 1.